The van der Waals surface area contributed by atoms with Crippen LogP contribution in [0, 0.1) is 0 Å². The van der Waals surface area contributed by atoms with Crippen molar-refractivity contribution < 1.29 is 9.53 Å². The molecule has 5 heteroatoms. The summed E-state index contributed by atoms with van der Waals surface area (Å²) < 4.78 is 5.59. The zero-order valence-electron chi connectivity index (χ0n) is 11.9. The molecule has 2 N–H and O–H groups in total. The Morgan fingerprint density at radius 3 is 2.85 bits per heavy atom. The zero-order chi connectivity index (χ0) is 14.5. The summed E-state index contributed by atoms with van der Waals surface area (Å²) in [6, 6.07) is 6.35. The third-order valence-corrected chi connectivity index (χ3v) is 3.49. The van der Waals surface area contributed by atoms with Crippen molar-refractivity contribution in [3.8, 4) is 5.75 Å². The molecular formula is C15H21ClN2O2. The standard InChI is InChI=1S/C15H21ClN2O2/c1-3-17-15(19)10(2)20-14-7-4-11(8-13(14)16)9-18-12-5-6-12/h4,7-8,10,12,18H,3,5-6,9H2,1-2H3,(H,17,19). The van der Waals surface area contributed by atoms with Gasteiger partial charge in [-0.05, 0) is 44.4 Å². The molecule has 1 atom stereocenters. The lowest BCUT2D eigenvalue weighted by atomic mass is 10.2. The summed E-state index contributed by atoms with van der Waals surface area (Å²) in [5.74, 6) is 0.406. The minimum atomic E-state index is -0.553. The quantitative estimate of drug-likeness (QED) is 0.813. The van der Waals surface area contributed by atoms with E-state index in [0.717, 1.165) is 12.1 Å². The fraction of sp³-hybridized carbons (Fsp3) is 0.533. The van der Waals surface area contributed by atoms with E-state index < -0.39 is 6.10 Å². The van der Waals surface area contributed by atoms with Gasteiger partial charge in [0.05, 0.1) is 5.02 Å². The van der Waals surface area contributed by atoms with Crippen LogP contribution in [0.4, 0.5) is 0 Å². The van der Waals surface area contributed by atoms with Crippen LogP contribution in [0.1, 0.15) is 32.3 Å². The molecule has 0 heterocycles. The van der Waals surface area contributed by atoms with Crippen molar-refractivity contribution in [3.05, 3.63) is 28.8 Å². The van der Waals surface area contributed by atoms with Gasteiger partial charge in [-0.15, -0.1) is 0 Å². The van der Waals surface area contributed by atoms with Gasteiger partial charge in [0.1, 0.15) is 5.75 Å². The SMILES string of the molecule is CCNC(=O)C(C)Oc1ccc(CNC2CC2)cc1Cl. The molecule has 0 bridgehead atoms. The lowest BCUT2D eigenvalue weighted by Crippen LogP contribution is -2.36. The van der Waals surface area contributed by atoms with Crippen molar-refractivity contribution in [2.75, 3.05) is 6.54 Å². The molecule has 1 fully saturated rings. The largest absolute Gasteiger partial charge is 0.479 e. The molecule has 1 aliphatic rings. The fourth-order valence-corrected chi connectivity index (χ4v) is 2.11. The number of nitrogens with one attached hydrogen (secondary N) is 2. The highest BCUT2D eigenvalue weighted by atomic mass is 35.5. The molecule has 1 amide bonds. The van der Waals surface area contributed by atoms with Gasteiger partial charge in [0.2, 0.25) is 0 Å². The molecule has 4 nitrogen and oxygen atoms in total. The van der Waals surface area contributed by atoms with Crippen LogP contribution in [-0.2, 0) is 11.3 Å². The van der Waals surface area contributed by atoms with Gasteiger partial charge < -0.3 is 15.4 Å². The number of carbonyl (C=O) groups excluding carboxylic acids is 1. The average Bonchev–Trinajstić information content (AvgIpc) is 3.23. The Kier molecular flexibility index (Phi) is 5.26. The summed E-state index contributed by atoms with van der Waals surface area (Å²) in [5.41, 5.74) is 1.12. The number of rotatable bonds is 7. The van der Waals surface area contributed by atoms with Gasteiger partial charge >= 0.3 is 0 Å². The Labute approximate surface area is 124 Å². The van der Waals surface area contributed by atoms with Crippen LogP contribution >= 0.6 is 11.6 Å². The van der Waals surface area contributed by atoms with Crippen molar-refractivity contribution in [1.29, 1.82) is 0 Å². The highest BCUT2D eigenvalue weighted by Gasteiger charge is 2.20. The van der Waals surface area contributed by atoms with Gasteiger partial charge in [-0.2, -0.15) is 0 Å². The van der Waals surface area contributed by atoms with Crippen molar-refractivity contribution >= 4 is 17.5 Å². The second-order valence-electron chi connectivity index (χ2n) is 5.07. The Balaban J connectivity index is 1.92. The molecular weight excluding hydrogens is 276 g/mol. The first-order chi connectivity index (χ1) is 9.60. The summed E-state index contributed by atoms with van der Waals surface area (Å²) >= 11 is 6.20. The van der Waals surface area contributed by atoms with E-state index in [4.69, 9.17) is 16.3 Å². The minimum Gasteiger partial charge on any atom is -0.479 e. The number of amides is 1. The van der Waals surface area contributed by atoms with E-state index in [2.05, 4.69) is 10.6 Å². The maximum atomic E-state index is 11.6. The molecule has 20 heavy (non-hydrogen) atoms. The minimum absolute atomic E-state index is 0.136. The number of benzene rings is 1. The van der Waals surface area contributed by atoms with Crippen LogP contribution in [-0.4, -0.2) is 24.6 Å². The molecule has 0 radical (unpaired) electrons. The summed E-state index contributed by atoms with van der Waals surface area (Å²) in [6.07, 6.45) is 1.97. The summed E-state index contributed by atoms with van der Waals surface area (Å²) in [4.78, 5) is 11.6. The lowest BCUT2D eigenvalue weighted by molar-refractivity contribution is -0.127. The van der Waals surface area contributed by atoms with Crippen LogP contribution in [0.15, 0.2) is 18.2 Å². The Morgan fingerprint density at radius 1 is 1.50 bits per heavy atom. The molecule has 0 aliphatic heterocycles. The van der Waals surface area contributed by atoms with Crippen molar-refractivity contribution in [1.82, 2.24) is 10.6 Å². The molecule has 1 saturated carbocycles. The Hall–Kier alpha value is -1.26. The van der Waals surface area contributed by atoms with Crippen molar-refractivity contribution in [2.45, 2.75) is 45.4 Å². The topological polar surface area (TPSA) is 50.4 Å². The van der Waals surface area contributed by atoms with E-state index in [1.165, 1.54) is 12.8 Å². The molecule has 2 rings (SSSR count). The monoisotopic (exact) mass is 296 g/mol. The van der Waals surface area contributed by atoms with E-state index >= 15 is 0 Å². The molecule has 1 aromatic carbocycles. The van der Waals surface area contributed by atoms with E-state index in [1.54, 1.807) is 6.92 Å². The second-order valence-corrected chi connectivity index (χ2v) is 5.48. The van der Waals surface area contributed by atoms with Gasteiger partial charge in [-0.25, -0.2) is 0 Å². The van der Waals surface area contributed by atoms with Crippen LogP contribution in [0.5, 0.6) is 5.75 Å². The number of hydrogen-bond acceptors (Lipinski definition) is 3. The highest BCUT2D eigenvalue weighted by Crippen LogP contribution is 2.27. The van der Waals surface area contributed by atoms with E-state index in [1.807, 2.05) is 25.1 Å². The third kappa shape index (κ3) is 4.39. The summed E-state index contributed by atoms with van der Waals surface area (Å²) in [6.45, 7) is 4.99. The maximum absolute atomic E-state index is 11.6. The van der Waals surface area contributed by atoms with Gasteiger partial charge in [0.25, 0.3) is 5.91 Å². The predicted octanol–water partition coefficient (Wildman–Crippen LogP) is 2.50. The van der Waals surface area contributed by atoms with Crippen LogP contribution in [0.2, 0.25) is 5.02 Å². The highest BCUT2D eigenvalue weighted by molar-refractivity contribution is 6.32. The van der Waals surface area contributed by atoms with Crippen LogP contribution < -0.4 is 15.4 Å². The van der Waals surface area contributed by atoms with Crippen molar-refractivity contribution in [3.63, 3.8) is 0 Å². The molecule has 0 aromatic heterocycles. The first-order valence-corrected chi connectivity index (χ1v) is 7.44. The Bertz CT molecular complexity index is 475. The Morgan fingerprint density at radius 2 is 2.25 bits per heavy atom. The van der Waals surface area contributed by atoms with E-state index in [-0.39, 0.29) is 5.91 Å². The van der Waals surface area contributed by atoms with Gasteiger partial charge in [0, 0.05) is 19.1 Å². The lowest BCUT2D eigenvalue weighted by Gasteiger charge is -2.15. The number of carbonyl (C=O) groups is 1. The number of ether oxygens (including phenoxy) is 1. The second kappa shape index (κ2) is 6.95. The molecule has 1 unspecified atom stereocenters. The average molecular weight is 297 g/mol. The fourth-order valence-electron chi connectivity index (χ4n) is 1.86. The molecule has 1 aromatic rings. The molecule has 0 saturated heterocycles. The van der Waals surface area contributed by atoms with Crippen molar-refractivity contribution in [2.24, 2.45) is 0 Å². The summed E-state index contributed by atoms with van der Waals surface area (Å²) in [7, 11) is 0. The summed E-state index contributed by atoms with van der Waals surface area (Å²) in [5, 5.41) is 6.69. The number of halogens is 1. The van der Waals surface area contributed by atoms with Gasteiger partial charge in [0.15, 0.2) is 6.10 Å². The number of likely N-dealkylation sites (N-methyl/N-ethyl adjacent to an activating group) is 1. The molecule has 1 aliphatic carbocycles. The smallest absolute Gasteiger partial charge is 0.260 e. The third-order valence-electron chi connectivity index (χ3n) is 3.19. The normalized spacial score (nSPS) is 15.8. The van der Waals surface area contributed by atoms with Crippen LogP contribution in [0.3, 0.4) is 0 Å². The van der Waals surface area contributed by atoms with Gasteiger partial charge in [-0.3, -0.25) is 4.79 Å². The van der Waals surface area contributed by atoms with Crippen LogP contribution in [0.25, 0.3) is 0 Å². The van der Waals surface area contributed by atoms with E-state index in [9.17, 15) is 4.79 Å². The molecule has 110 valence electrons. The first kappa shape index (κ1) is 15.1. The zero-order valence-corrected chi connectivity index (χ0v) is 12.7. The maximum Gasteiger partial charge on any atom is 0.260 e. The van der Waals surface area contributed by atoms with E-state index in [0.29, 0.717) is 23.4 Å². The number of hydrogen-bond donors (Lipinski definition) is 2. The van der Waals surface area contributed by atoms with Gasteiger partial charge in [-0.1, -0.05) is 17.7 Å². The predicted molar refractivity (Wildman–Crippen MR) is 80.1 cm³/mol. The first-order valence-electron chi connectivity index (χ1n) is 7.06. The molecule has 0 spiro atoms.